The van der Waals surface area contributed by atoms with Crippen LogP contribution < -0.4 is 0 Å². The predicted octanol–water partition coefficient (Wildman–Crippen LogP) is 4.98. The molecule has 5 unspecified atom stereocenters. The molecule has 6 fully saturated rings. The first kappa shape index (κ1) is 22.3. The van der Waals surface area contributed by atoms with E-state index in [4.69, 9.17) is 18.9 Å². The van der Waals surface area contributed by atoms with E-state index in [0.717, 1.165) is 18.8 Å². The molecular formula is C27H40O6. The van der Waals surface area contributed by atoms with Crippen LogP contribution in [-0.2, 0) is 28.5 Å². The van der Waals surface area contributed by atoms with Crippen LogP contribution in [0.25, 0.3) is 0 Å². The van der Waals surface area contributed by atoms with E-state index in [2.05, 4.69) is 27.7 Å². The molecule has 0 aromatic rings. The number of carbonyl (C=O) groups excluding carboxylic acids is 2. The average molecular weight is 461 g/mol. The summed E-state index contributed by atoms with van der Waals surface area (Å²) in [6.45, 7) is 11.5. The van der Waals surface area contributed by atoms with Gasteiger partial charge in [-0.05, 0) is 78.9 Å². The van der Waals surface area contributed by atoms with Crippen LogP contribution >= 0.6 is 0 Å². The Morgan fingerprint density at radius 1 is 1.00 bits per heavy atom. The highest BCUT2D eigenvalue weighted by atomic mass is 16.8. The van der Waals surface area contributed by atoms with Crippen molar-refractivity contribution in [3.8, 4) is 0 Å². The summed E-state index contributed by atoms with van der Waals surface area (Å²) in [6.07, 6.45) is 7.84. The fourth-order valence-corrected chi connectivity index (χ4v) is 10.1. The molecule has 6 rings (SSSR count). The lowest BCUT2D eigenvalue weighted by atomic mass is 9.38. The van der Waals surface area contributed by atoms with Crippen molar-refractivity contribution >= 4 is 11.9 Å². The Kier molecular flexibility index (Phi) is 4.71. The first-order valence-electron chi connectivity index (χ1n) is 13.2. The molecule has 33 heavy (non-hydrogen) atoms. The Bertz CT molecular complexity index is 869. The number of fused-ring (bicyclic) bond motifs is 7. The molecule has 0 aromatic heterocycles. The molecule has 3 heterocycles. The van der Waals surface area contributed by atoms with Crippen molar-refractivity contribution in [2.24, 2.45) is 39.9 Å². The van der Waals surface area contributed by atoms with Gasteiger partial charge in [0, 0.05) is 12.8 Å². The smallest absolute Gasteiger partial charge is 0.311 e. The largest absolute Gasteiger partial charge is 0.459 e. The summed E-state index contributed by atoms with van der Waals surface area (Å²) in [6, 6.07) is 0. The highest BCUT2D eigenvalue weighted by molar-refractivity contribution is 5.74. The molecule has 0 amide bonds. The van der Waals surface area contributed by atoms with Gasteiger partial charge in [0.25, 0.3) is 0 Å². The summed E-state index contributed by atoms with van der Waals surface area (Å²) in [7, 11) is 0. The van der Waals surface area contributed by atoms with E-state index in [-0.39, 0.29) is 36.0 Å². The minimum absolute atomic E-state index is 0.0969. The number of esters is 2. The zero-order valence-corrected chi connectivity index (χ0v) is 20.9. The van der Waals surface area contributed by atoms with Gasteiger partial charge in [-0.3, -0.25) is 9.59 Å². The second-order valence-corrected chi connectivity index (χ2v) is 13.3. The van der Waals surface area contributed by atoms with Crippen molar-refractivity contribution in [2.45, 2.75) is 117 Å². The van der Waals surface area contributed by atoms with Crippen molar-refractivity contribution < 1.29 is 28.5 Å². The van der Waals surface area contributed by atoms with E-state index in [1.807, 2.05) is 0 Å². The Morgan fingerprint density at radius 2 is 1.79 bits per heavy atom. The van der Waals surface area contributed by atoms with Gasteiger partial charge >= 0.3 is 11.9 Å². The minimum Gasteiger partial charge on any atom is -0.459 e. The molecule has 0 aromatic carbocycles. The molecule has 0 radical (unpaired) electrons. The Balaban J connectivity index is 1.39. The van der Waals surface area contributed by atoms with Crippen LogP contribution in [0.2, 0.25) is 0 Å². The Labute approximate surface area is 197 Å². The molecule has 6 heteroatoms. The van der Waals surface area contributed by atoms with Crippen LogP contribution in [0, 0.1) is 39.9 Å². The van der Waals surface area contributed by atoms with Crippen molar-refractivity contribution in [3.63, 3.8) is 0 Å². The van der Waals surface area contributed by atoms with Crippen LogP contribution in [0.5, 0.6) is 0 Å². The molecular weight excluding hydrogens is 420 g/mol. The number of carbonyl (C=O) groups is 2. The van der Waals surface area contributed by atoms with Gasteiger partial charge in [0.2, 0.25) is 6.29 Å². The standard InChI is InChI=1S/C27H40O6/c1-15(28)30-20-13-17-16(22-32-23-27(20,33-22)14-21(29)31-23)7-8-19-25(17,4)12-9-18-24(2,3)10-6-11-26(18,19)5/h16-20,22-23H,6-14H2,1-5H3/t16?,17-,18?,19?,20?,22-,23?,25+,26+,27+/m1/s1. The van der Waals surface area contributed by atoms with Gasteiger partial charge < -0.3 is 18.9 Å². The molecule has 3 saturated heterocycles. The average Bonchev–Trinajstić information content (AvgIpc) is 3.15. The van der Waals surface area contributed by atoms with Crippen LogP contribution in [0.15, 0.2) is 0 Å². The number of rotatable bonds is 1. The summed E-state index contributed by atoms with van der Waals surface area (Å²) in [5, 5.41) is 0. The molecule has 184 valence electrons. The Hall–Kier alpha value is -1.14. The molecule has 3 aliphatic heterocycles. The molecule has 0 N–H and O–H groups in total. The zero-order chi connectivity index (χ0) is 23.4. The van der Waals surface area contributed by atoms with E-state index in [0.29, 0.717) is 22.7 Å². The third-order valence-corrected chi connectivity index (χ3v) is 11.3. The SMILES string of the molecule is CC(=O)OC1C[C@@H]2C(CCC3[C@@]4(C)CCCC(C)(C)C4CC[C@]32C)[C@@H]2OC3OC(=O)C[C@]13O2. The van der Waals surface area contributed by atoms with Gasteiger partial charge in [0.05, 0.1) is 6.42 Å². The van der Waals surface area contributed by atoms with E-state index < -0.39 is 18.0 Å². The molecule has 3 aliphatic carbocycles. The summed E-state index contributed by atoms with van der Waals surface area (Å²) < 4.78 is 24.2. The molecule has 2 bridgehead atoms. The highest BCUT2D eigenvalue weighted by Crippen LogP contribution is 2.71. The zero-order valence-electron chi connectivity index (χ0n) is 20.9. The third-order valence-electron chi connectivity index (χ3n) is 11.3. The van der Waals surface area contributed by atoms with Gasteiger partial charge in [0.1, 0.15) is 6.10 Å². The number of hydrogen-bond donors (Lipinski definition) is 0. The van der Waals surface area contributed by atoms with Gasteiger partial charge in [-0.2, -0.15) is 0 Å². The second-order valence-electron chi connectivity index (χ2n) is 13.3. The van der Waals surface area contributed by atoms with Gasteiger partial charge in [-0.15, -0.1) is 0 Å². The van der Waals surface area contributed by atoms with E-state index >= 15 is 0 Å². The van der Waals surface area contributed by atoms with Crippen LogP contribution in [0.3, 0.4) is 0 Å². The normalized spacial score (nSPS) is 54.2. The highest BCUT2D eigenvalue weighted by Gasteiger charge is 2.71. The third kappa shape index (κ3) is 2.92. The topological polar surface area (TPSA) is 71.1 Å². The lowest BCUT2D eigenvalue weighted by Gasteiger charge is -2.67. The number of hydrogen-bond acceptors (Lipinski definition) is 6. The van der Waals surface area contributed by atoms with Crippen LogP contribution in [0.1, 0.15) is 92.4 Å². The van der Waals surface area contributed by atoms with Gasteiger partial charge in [-0.1, -0.05) is 34.1 Å². The fraction of sp³-hybridized carbons (Fsp3) is 0.926. The molecule has 3 saturated carbocycles. The lowest BCUT2D eigenvalue weighted by molar-refractivity contribution is -0.222. The fourth-order valence-electron chi connectivity index (χ4n) is 10.1. The van der Waals surface area contributed by atoms with Gasteiger partial charge in [-0.25, -0.2) is 0 Å². The van der Waals surface area contributed by atoms with E-state index in [1.165, 1.54) is 45.4 Å². The summed E-state index contributed by atoms with van der Waals surface area (Å²) in [4.78, 5) is 24.4. The van der Waals surface area contributed by atoms with Crippen molar-refractivity contribution in [3.05, 3.63) is 0 Å². The first-order valence-corrected chi connectivity index (χ1v) is 13.2. The maximum atomic E-state index is 12.2. The molecule has 6 aliphatic rings. The maximum Gasteiger partial charge on any atom is 0.311 e. The van der Waals surface area contributed by atoms with E-state index in [1.54, 1.807) is 0 Å². The number of ether oxygens (including phenoxy) is 4. The molecule has 6 nitrogen and oxygen atoms in total. The maximum absolute atomic E-state index is 12.2. The van der Waals surface area contributed by atoms with E-state index in [9.17, 15) is 9.59 Å². The monoisotopic (exact) mass is 460 g/mol. The van der Waals surface area contributed by atoms with Crippen molar-refractivity contribution in [2.75, 3.05) is 0 Å². The van der Waals surface area contributed by atoms with Crippen molar-refractivity contribution in [1.82, 2.24) is 0 Å². The predicted molar refractivity (Wildman–Crippen MR) is 120 cm³/mol. The van der Waals surface area contributed by atoms with Gasteiger partial charge in [0.15, 0.2) is 11.9 Å². The first-order chi connectivity index (χ1) is 15.5. The summed E-state index contributed by atoms with van der Waals surface area (Å²) in [5.41, 5.74) is -0.109. The quantitative estimate of drug-likeness (QED) is 0.514. The Morgan fingerprint density at radius 3 is 2.55 bits per heavy atom. The second kappa shape index (κ2) is 6.96. The minimum atomic E-state index is -0.995. The lowest BCUT2D eigenvalue weighted by Crippen LogP contribution is -2.60. The summed E-state index contributed by atoms with van der Waals surface area (Å²) >= 11 is 0. The van der Waals surface area contributed by atoms with Crippen molar-refractivity contribution in [1.29, 1.82) is 0 Å². The van der Waals surface area contributed by atoms with Crippen LogP contribution in [0.4, 0.5) is 0 Å². The molecule has 1 spiro atoms. The van der Waals surface area contributed by atoms with Crippen LogP contribution in [-0.4, -0.2) is 36.2 Å². The summed E-state index contributed by atoms with van der Waals surface area (Å²) in [5.74, 6) is 1.32. The molecule has 10 atom stereocenters.